The summed E-state index contributed by atoms with van der Waals surface area (Å²) in [6.45, 7) is 1.83. The molecule has 2 N–H and O–H groups in total. The molecular formula is C20H20F3N3OS. The molecule has 1 fully saturated rings. The van der Waals surface area contributed by atoms with Crippen LogP contribution in [-0.4, -0.2) is 31.6 Å². The lowest BCUT2D eigenvalue weighted by atomic mass is 10.00. The minimum absolute atomic E-state index is 0.0846. The molecule has 1 saturated heterocycles. The largest absolute Gasteiger partial charge is 0.416 e. The summed E-state index contributed by atoms with van der Waals surface area (Å²) in [5.41, 5.74) is 1.19. The minimum Gasteiger partial charge on any atom is -0.352 e. The Bertz CT molecular complexity index is 881. The fraction of sp³-hybridized carbons (Fsp3) is 0.350. The maximum atomic E-state index is 13.2. The van der Waals surface area contributed by atoms with Crippen molar-refractivity contribution in [3.05, 3.63) is 48.0 Å². The van der Waals surface area contributed by atoms with Crippen molar-refractivity contribution in [2.45, 2.75) is 30.0 Å². The van der Waals surface area contributed by atoms with Crippen LogP contribution >= 0.6 is 11.9 Å². The van der Waals surface area contributed by atoms with Gasteiger partial charge in [-0.3, -0.25) is 4.79 Å². The summed E-state index contributed by atoms with van der Waals surface area (Å²) in [6, 6.07) is 11.2. The van der Waals surface area contributed by atoms with Gasteiger partial charge in [0.25, 0.3) is 0 Å². The lowest BCUT2D eigenvalue weighted by Gasteiger charge is -2.32. The van der Waals surface area contributed by atoms with Crippen LogP contribution in [0.4, 0.5) is 18.9 Å². The number of benzene rings is 2. The van der Waals surface area contributed by atoms with Crippen LogP contribution in [0.15, 0.2) is 47.4 Å². The summed E-state index contributed by atoms with van der Waals surface area (Å²) in [5.74, 6) is -0.121. The van der Waals surface area contributed by atoms with Crippen molar-refractivity contribution in [1.82, 2.24) is 10.6 Å². The summed E-state index contributed by atoms with van der Waals surface area (Å²) in [5, 5.41) is 6.30. The van der Waals surface area contributed by atoms with Crippen LogP contribution in [0.3, 0.4) is 0 Å². The summed E-state index contributed by atoms with van der Waals surface area (Å²) in [6.07, 6.45) is -2.65. The highest BCUT2D eigenvalue weighted by atomic mass is 32.2. The van der Waals surface area contributed by atoms with E-state index in [-0.39, 0.29) is 18.5 Å². The minimum atomic E-state index is -4.41. The van der Waals surface area contributed by atoms with Crippen molar-refractivity contribution in [3.8, 4) is 11.1 Å². The van der Waals surface area contributed by atoms with Gasteiger partial charge in [0, 0.05) is 16.5 Å². The SMILES string of the molecule is O=C(CN1Sc2ccccc2-c2cc(C(F)(F)F)ccc21)NC1CCNCC1. The third-order valence-electron chi connectivity index (χ3n) is 4.97. The van der Waals surface area contributed by atoms with Crippen molar-refractivity contribution in [3.63, 3.8) is 0 Å². The Kier molecular flexibility index (Phi) is 5.25. The van der Waals surface area contributed by atoms with E-state index in [1.807, 2.05) is 24.3 Å². The fourth-order valence-corrected chi connectivity index (χ4v) is 4.66. The second-order valence-corrected chi connectivity index (χ2v) is 8.01. The molecule has 2 aromatic rings. The van der Waals surface area contributed by atoms with Crippen LogP contribution in [0.1, 0.15) is 18.4 Å². The van der Waals surface area contributed by atoms with Gasteiger partial charge in [-0.05, 0) is 67.7 Å². The number of alkyl halides is 3. The number of nitrogens with zero attached hydrogens (tertiary/aromatic N) is 1. The van der Waals surface area contributed by atoms with Crippen LogP contribution in [0.25, 0.3) is 11.1 Å². The van der Waals surface area contributed by atoms with Crippen LogP contribution < -0.4 is 14.9 Å². The Morgan fingerprint density at radius 2 is 1.89 bits per heavy atom. The quantitative estimate of drug-likeness (QED) is 0.753. The Morgan fingerprint density at radius 3 is 2.64 bits per heavy atom. The molecule has 0 saturated carbocycles. The van der Waals surface area contributed by atoms with Crippen molar-refractivity contribution < 1.29 is 18.0 Å². The highest BCUT2D eigenvalue weighted by Crippen LogP contribution is 2.47. The number of carbonyl (C=O) groups is 1. The Morgan fingerprint density at radius 1 is 1.14 bits per heavy atom. The van der Waals surface area contributed by atoms with Crippen LogP contribution in [0.2, 0.25) is 0 Å². The first-order valence-corrected chi connectivity index (χ1v) is 9.95. The number of carbonyl (C=O) groups excluding carboxylic acids is 1. The molecule has 4 rings (SSSR count). The van der Waals surface area contributed by atoms with Crippen molar-refractivity contribution in [1.29, 1.82) is 0 Å². The maximum Gasteiger partial charge on any atom is 0.416 e. The van der Waals surface area contributed by atoms with Crippen LogP contribution in [-0.2, 0) is 11.0 Å². The van der Waals surface area contributed by atoms with E-state index < -0.39 is 11.7 Å². The van der Waals surface area contributed by atoms with Gasteiger partial charge in [0.05, 0.1) is 11.3 Å². The number of fused-ring (bicyclic) bond motifs is 3. The van der Waals surface area contributed by atoms with E-state index in [2.05, 4.69) is 10.6 Å². The first-order chi connectivity index (χ1) is 13.4. The van der Waals surface area contributed by atoms with E-state index in [1.54, 1.807) is 4.31 Å². The number of hydrogen-bond acceptors (Lipinski definition) is 4. The molecule has 148 valence electrons. The highest BCUT2D eigenvalue weighted by molar-refractivity contribution is 8.01. The van der Waals surface area contributed by atoms with E-state index in [1.165, 1.54) is 24.1 Å². The van der Waals surface area contributed by atoms with Gasteiger partial charge < -0.3 is 14.9 Å². The molecule has 0 aromatic heterocycles. The molecule has 2 heterocycles. The molecule has 0 aliphatic carbocycles. The molecule has 2 aliphatic heterocycles. The highest BCUT2D eigenvalue weighted by Gasteiger charge is 2.33. The van der Waals surface area contributed by atoms with Crippen molar-refractivity contribution in [2.75, 3.05) is 23.9 Å². The molecule has 2 aromatic carbocycles. The predicted octanol–water partition coefficient (Wildman–Crippen LogP) is 4.07. The summed E-state index contributed by atoms with van der Waals surface area (Å²) < 4.78 is 41.4. The average Bonchev–Trinajstić information content (AvgIpc) is 2.68. The molecule has 0 radical (unpaired) electrons. The smallest absolute Gasteiger partial charge is 0.352 e. The first kappa shape index (κ1) is 19.1. The van der Waals surface area contributed by atoms with Gasteiger partial charge >= 0.3 is 6.18 Å². The summed E-state index contributed by atoms with van der Waals surface area (Å²) in [7, 11) is 0. The van der Waals surface area contributed by atoms with E-state index in [0.717, 1.165) is 42.5 Å². The molecule has 1 amide bonds. The zero-order valence-corrected chi connectivity index (χ0v) is 15.9. The number of nitrogens with one attached hydrogen (secondary N) is 2. The van der Waals surface area contributed by atoms with E-state index in [4.69, 9.17) is 0 Å². The maximum absolute atomic E-state index is 13.2. The lowest BCUT2D eigenvalue weighted by molar-refractivity contribution is -0.137. The Hall–Kier alpha value is -2.19. The molecule has 2 aliphatic rings. The third-order valence-corrected chi connectivity index (χ3v) is 6.07. The number of amides is 1. The molecule has 0 unspecified atom stereocenters. The monoisotopic (exact) mass is 407 g/mol. The summed E-state index contributed by atoms with van der Waals surface area (Å²) in [4.78, 5) is 13.4. The lowest BCUT2D eigenvalue weighted by Crippen LogP contribution is -2.45. The number of anilines is 1. The molecule has 8 heteroatoms. The van der Waals surface area contributed by atoms with Crippen LogP contribution in [0.5, 0.6) is 0 Å². The Labute approximate surface area is 165 Å². The van der Waals surface area contributed by atoms with Gasteiger partial charge in [-0.2, -0.15) is 13.2 Å². The van der Waals surface area contributed by atoms with Gasteiger partial charge in [0.2, 0.25) is 5.91 Å². The number of hydrogen-bond donors (Lipinski definition) is 2. The molecule has 4 nitrogen and oxygen atoms in total. The van der Waals surface area contributed by atoms with E-state index >= 15 is 0 Å². The van der Waals surface area contributed by atoms with Gasteiger partial charge in [0.1, 0.15) is 6.54 Å². The van der Waals surface area contributed by atoms with Gasteiger partial charge in [-0.15, -0.1) is 0 Å². The number of halogens is 3. The standard InChI is InChI=1S/C20H20F3N3OS/c21-20(22,23)13-5-6-17-16(11-13)15-3-1-2-4-18(15)28-26(17)12-19(27)25-14-7-9-24-10-8-14/h1-6,11,14,24H,7-10,12H2,(H,25,27). The summed E-state index contributed by atoms with van der Waals surface area (Å²) >= 11 is 1.38. The molecular weight excluding hydrogens is 387 g/mol. The van der Waals surface area contributed by atoms with E-state index in [0.29, 0.717) is 11.3 Å². The zero-order chi connectivity index (χ0) is 19.7. The van der Waals surface area contributed by atoms with Crippen molar-refractivity contribution in [2.24, 2.45) is 0 Å². The average molecular weight is 407 g/mol. The van der Waals surface area contributed by atoms with E-state index in [9.17, 15) is 18.0 Å². The van der Waals surface area contributed by atoms with Gasteiger partial charge in [0.15, 0.2) is 0 Å². The topological polar surface area (TPSA) is 44.4 Å². The number of piperidine rings is 1. The molecule has 28 heavy (non-hydrogen) atoms. The zero-order valence-electron chi connectivity index (χ0n) is 15.1. The Balaban J connectivity index is 1.61. The molecule has 0 bridgehead atoms. The second kappa shape index (κ2) is 7.67. The molecule has 0 atom stereocenters. The van der Waals surface area contributed by atoms with Crippen LogP contribution in [0, 0.1) is 0 Å². The normalized spacial score (nSPS) is 17.0. The third kappa shape index (κ3) is 3.98. The number of rotatable bonds is 3. The van der Waals surface area contributed by atoms with Gasteiger partial charge in [-0.1, -0.05) is 18.2 Å². The second-order valence-electron chi connectivity index (χ2n) is 6.95. The molecule has 0 spiro atoms. The van der Waals surface area contributed by atoms with Crippen molar-refractivity contribution >= 4 is 23.5 Å². The predicted molar refractivity (Wildman–Crippen MR) is 104 cm³/mol. The fourth-order valence-electron chi connectivity index (χ4n) is 3.57. The van der Waals surface area contributed by atoms with Gasteiger partial charge in [-0.25, -0.2) is 0 Å². The first-order valence-electron chi connectivity index (χ1n) is 9.18.